The Kier molecular flexibility index (Phi) is 6.01. The molecule has 3 heterocycles. The number of rotatable bonds is 6. The van der Waals surface area contributed by atoms with Crippen LogP contribution in [0.3, 0.4) is 0 Å². The van der Waals surface area contributed by atoms with E-state index in [2.05, 4.69) is 20.3 Å². The fourth-order valence-corrected chi connectivity index (χ4v) is 3.22. The van der Waals surface area contributed by atoms with Gasteiger partial charge in [0.25, 0.3) is 0 Å². The Morgan fingerprint density at radius 1 is 1.17 bits per heavy atom. The van der Waals surface area contributed by atoms with E-state index in [4.69, 9.17) is 18.9 Å². The summed E-state index contributed by atoms with van der Waals surface area (Å²) in [5.74, 6) is -1.52. The van der Waals surface area contributed by atoms with Gasteiger partial charge in [0.2, 0.25) is 0 Å². The van der Waals surface area contributed by atoms with Crippen LogP contribution in [-0.2, 0) is 33.3 Å². The molecule has 0 aromatic carbocycles. The van der Waals surface area contributed by atoms with Crippen molar-refractivity contribution in [1.82, 2.24) is 19.5 Å². The van der Waals surface area contributed by atoms with Crippen LogP contribution in [0.1, 0.15) is 27.0 Å². The zero-order chi connectivity index (χ0) is 22.0. The lowest BCUT2D eigenvalue weighted by Gasteiger charge is -2.23. The van der Waals surface area contributed by atoms with Crippen molar-refractivity contribution in [2.45, 2.75) is 45.3 Å². The number of H-pyrrole nitrogens is 1. The maximum Gasteiger partial charge on any atom is 0.348 e. The van der Waals surface area contributed by atoms with Gasteiger partial charge in [-0.1, -0.05) is 0 Å². The third kappa shape index (κ3) is 4.25. The summed E-state index contributed by atoms with van der Waals surface area (Å²) in [7, 11) is 1.60. The standard InChI is InChI=1S/C17H21N5O8/c1-7(23)27-5-10-12(28-8(2)24)13(29-9(3)25)16(30-10)22-6-19-11-14(18-4)20-17(26)21-15(11)22/h6,10,12-13,16H,5H2,1-4H3,(H2,18,20,21,26)/t10-,12-,13-,16-/m1/s1. The highest BCUT2D eigenvalue weighted by Crippen LogP contribution is 2.36. The van der Waals surface area contributed by atoms with Crippen molar-refractivity contribution in [3.05, 3.63) is 16.8 Å². The Morgan fingerprint density at radius 2 is 1.83 bits per heavy atom. The number of aromatic nitrogens is 4. The number of hydrogen-bond acceptors (Lipinski definition) is 11. The summed E-state index contributed by atoms with van der Waals surface area (Å²) >= 11 is 0. The molecule has 4 atom stereocenters. The van der Waals surface area contributed by atoms with Crippen LogP contribution >= 0.6 is 0 Å². The molecule has 0 amide bonds. The first-order chi connectivity index (χ1) is 14.2. The number of carbonyl (C=O) groups is 3. The monoisotopic (exact) mass is 423 g/mol. The Balaban J connectivity index is 2.07. The van der Waals surface area contributed by atoms with Gasteiger partial charge in [0.1, 0.15) is 24.0 Å². The Bertz CT molecular complexity index is 1030. The van der Waals surface area contributed by atoms with Crippen molar-refractivity contribution < 1.29 is 33.3 Å². The SMILES string of the molecule is CNc1[nH]c(=O)nc2c1ncn2[C@@H]1O[C@H](COC(C)=O)[C@@H](OC(C)=O)[C@H]1OC(C)=O. The van der Waals surface area contributed by atoms with Gasteiger partial charge in [-0.25, -0.2) is 9.78 Å². The summed E-state index contributed by atoms with van der Waals surface area (Å²) in [6, 6.07) is 0. The molecule has 13 nitrogen and oxygen atoms in total. The van der Waals surface area contributed by atoms with Gasteiger partial charge in [-0.15, -0.1) is 0 Å². The molecular formula is C17H21N5O8. The molecule has 0 saturated carbocycles. The molecule has 0 radical (unpaired) electrons. The van der Waals surface area contributed by atoms with E-state index in [1.54, 1.807) is 7.05 Å². The van der Waals surface area contributed by atoms with Crippen LogP contribution in [0.2, 0.25) is 0 Å². The molecule has 3 rings (SSSR count). The molecule has 0 bridgehead atoms. The molecule has 0 unspecified atom stereocenters. The van der Waals surface area contributed by atoms with Gasteiger partial charge >= 0.3 is 23.6 Å². The van der Waals surface area contributed by atoms with Crippen molar-refractivity contribution in [3.8, 4) is 0 Å². The molecule has 1 saturated heterocycles. The number of aromatic amines is 1. The van der Waals surface area contributed by atoms with Crippen molar-refractivity contribution in [3.63, 3.8) is 0 Å². The molecule has 1 aliphatic rings. The van der Waals surface area contributed by atoms with Gasteiger partial charge in [0.15, 0.2) is 24.1 Å². The zero-order valence-corrected chi connectivity index (χ0v) is 16.7. The van der Waals surface area contributed by atoms with Gasteiger partial charge in [-0.3, -0.25) is 23.9 Å². The number of carbonyl (C=O) groups excluding carboxylic acids is 3. The summed E-state index contributed by atoms with van der Waals surface area (Å²) in [5.41, 5.74) is -0.140. The summed E-state index contributed by atoms with van der Waals surface area (Å²) in [6.07, 6.45) is -2.81. The van der Waals surface area contributed by atoms with E-state index in [-0.39, 0.29) is 12.3 Å². The van der Waals surface area contributed by atoms with Crippen molar-refractivity contribution >= 4 is 34.9 Å². The van der Waals surface area contributed by atoms with E-state index in [1.165, 1.54) is 31.7 Å². The van der Waals surface area contributed by atoms with Gasteiger partial charge in [-0.05, 0) is 0 Å². The highest BCUT2D eigenvalue weighted by Gasteiger charge is 2.51. The minimum absolute atomic E-state index is 0.153. The quantitative estimate of drug-likeness (QED) is 0.454. The van der Waals surface area contributed by atoms with Crippen molar-refractivity contribution in [2.24, 2.45) is 0 Å². The number of nitrogens with zero attached hydrogens (tertiary/aromatic N) is 3. The van der Waals surface area contributed by atoms with Crippen LogP contribution in [0, 0.1) is 0 Å². The van der Waals surface area contributed by atoms with Crippen LogP contribution in [0.4, 0.5) is 5.82 Å². The average molecular weight is 423 g/mol. The smallest absolute Gasteiger partial charge is 0.348 e. The number of anilines is 1. The van der Waals surface area contributed by atoms with Crippen LogP contribution in [0.15, 0.2) is 11.1 Å². The number of hydrogen-bond donors (Lipinski definition) is 2. The Hall–Kier alpha value is -3.48. The fraction of sp³-hybridized carbons (Fsp3) is 0.529. The molecule has 2 aromatic heterocycles. The second-order valence-electron chi connectivity index (χ2n) is 6.51. The lowest BCUT2D eigenvalue weighted by atomic mass is 10.1. The van der Waals surface area contributed by atoms with Crippen LogP contribution in [0.5, 0.6) is 0 Å². The first kappa shape index (κ1) is 21.2. The molecule has 2 aromatic rings. The summed E-state index contributed by atoms with van der Waals surface area (Å²) in [5, 5.41) is 2.81. The fourth-order valence-electron chi connectivity index (χ4n) is 3.22. The van der Waals surface area contributed by atoms with E-state index < -0.39 is 48.1 Å². The van der Waals surface area contributed by atoms with Crippen LogP contribution < -0.4 is 11.0 Å². The lowest BCUT2D eigenvalue weighted by Crippen LogP contribution is -2.40. The topological polar surface area (TPSA) is 164 Å². The van der Waals surface area contributed by atoms with Gasteiger partial charge in [0.05, 0.1) is 6.33 Å². The zero-order valence-electron chi connectivity index (χ0n) is 16.7. The van der Waals surface area contributed by atoms with E-state index in [1.807, 2.05) is 0 Å². The maximum atomic E-state index is 11.9. The lowest BCUT2D eigenvalue weighted by molar-refractivity contribution is -0.166. The maximum absolute atomic E-state index is 11.9. The van der Waals surface area contributed by atoms with E-state index in [9.17, 15) is 19.2 Å². The van der Waals surface area contributed by atoms with Gasteiger partial charge < -0.3 is 24.3 Å². The Labute approximate surface area is 169 Å². The molecule has 13 heteroatoms. The van der Waals surface area contributed by atoms with Gasteiger partial charge in [0, 0.05) is 27.8 Å². The van der Waals surface area contributed by atoms with Crippen LogP contribution in [-0.4, -0.2) is 69.4 Å². The van der Waals surface area contributed by atoms with Gasteiger partial charge in [-0.2, -0.15) is 4.98 Å². The number of fused-ring (bicyclic) bond motifs is 1. The highest BCUT2D eigenvalue weighted by molar-refractivity contribution is 5.82. The molecule has 2 N–H and O–H groups in total. The number of nitrogens with one attached hydrogen (secondary N) is 2. The normalized spacial score (nSPS) is 23.2. The second-order valence-corrected chi connectivity index (χ2v) is 6.51. The highest BCUT2D eigenvalue weighted by atomic mass is 16.7. The largest absolute Gasteiger partial charge is 0.463 e. The molecule has 1 fully saturated rings. The molecule has 1 aliphatic heterocycles. The van der Waals surface area contributed by atoms with Crippen molar-refractivity contribution in [2.75, 3.05) is 19.0 Å². The molecule has 30 heavy (non-hydrogen) atoms. The number of ether oxygens (including phenoxy) is 4. The van der Waals surface area contributed by atoms with E-state index in [0.29, 0.717) is 11.3 Å². The molecular weight excluding hydrogens is 402 g/mol. The Morgan fingerprint density at radius 3 is 2.43 bits per heavy atom. The second kappa shape index (κ2) is 8.49. The predicted molar refractivity (Wildman–Crippen MR) is 99.3 cm³/mol. The summed E-state index contributed by atoms with van der Waals surface area (Å²) < 4.78 is 23.0. The minimum atomic E-state index is -1.11. The van der Waals surface area contributed by atoms with Crippen LogP contribution in [0.25, 0.3) is 11.2 Å². The minimum Gasteiger partial charge on any atom is -0.463 e. The molecule has 0 aliphatic carbocycles. The molecule has 0 spiro atoms. The van der Waals surface area contributed by atoms with E-state index >= 15 is 0 Å². The first-order valence-electron chi connectivity index (χ1n) is 8.99. The average Bonchev–Trinajstić information content (AvgIpc) is 3.20. The number of imidazole rings is 1. The first-order valence-corrected chi connectivity index (χ1v) is 8.99. The van der Waals surface area contributed by atoms with Crippen molar-refractivity contribution in [1.29, 1.82) is 0 Å². The third-order valence-corrected chi connectivity index (χ3v) is 4.31. The summed E-state index contributed by atoms with van der Waals surface area (Å²) in [4.78, 5) is 57.2. The predicted octanol–water partition coefficient (Wildman–Crippen LogP) is -0.515. The number of esters is 3. The van der Waals surface area contributed by atoms with E-state index in [0.717, 1.165) is 0 Å². The third-order valence-electron chi connectivity index (χ3n) is 4.31. The molecule has 162 valence electrons. The summed E-state index contributed by atoms with van der Waals surface area (Å²) in [6.45, 7) is 3.35.